The highest BCUT2D eigenvalue weighted by atomic mass is 79.9. The van der Waals surface area contributed by atoms with Crippen LogP contribution in [0.5, 0.6) is 0 Å². The first-order chi connectivity index (χ1) is 20.3. The number of anilines is 2. The van der Waals surface area contributed by atoms with Crippen LogP contribution in [-0.4, -0.2) is 23.6 Å². The molecule has 3 aromatic carbocycles. The van der Waals surface area contributed by atoms with E-state index >= 15 is 0 Å². The van der Waals surface area contributed by atoms with Gasteiger partial charge in [-0.15, -0.1) is 0 Å². The van der Waals surface area contributed by atoms with Gasteiger partial charge in [-0.25, -0.2) is 9.80 Å². The maximum absolute atomic E-state index is 14.3. The fourth-order valence-electron chi connectivity index (χ4n) is 8.26. The molecule has 1 saturated carbocycles. The minimum absolute atomic E-state index is 0.201. The first-order valence-corrected chi connectivity index (χ1v) is 15.7. The molecule has 208 valence electrons. The Kier molecular flexibility index (Phi) is 5.86. The monoisotopic (exact) mass is 682 g/mol. The van der Waals surface area contributed by atoms with E-state index < -0.39 is 23.7 Å². The molecular formula is C34H24Br2N2O4. The van der Waals surface area contributed by atoms with Gasteiger partial charge in [0.2, 0.25) is 23.6 Å². The number of carbonyl (C=O) groups excluding carboxylic acids is 4. The molecule has 4 aliphatic carbocycles. The summed E-state index contributed by atoms with van der Waals surface area (Å²) in [7, 11) is 0. The molecule has 0 aromatic heterocycles. The summed E-state index contributed by atoms with van der Waals surface area (Å²) in [5.74, 6) is -4.16. The number of imide groups is 2. The molecule has 3 fully saturated rings. The van der Waals surface area contributed by atoms with Gasteiger partial charge in [-0.2, -0.15) is 0 Å². The Labute approximate surface area is 259 Å². The van der Waals surface area contributed by atoms with E-state index in [0.717, 1.165) is 25.7 Å². The van der Waals surface area contributed by atoms with Crippen LogP contribution in [0.15, 0.2) is 106 Å². The van der Waals surface area contributed by atoms with Gasteiger partial charge in [-0.3, -0.25) is 19.2 Å². The second kappa shape index (κ2) is 9.44. The Balaban J connectivity index is 1.29. The Bertz CT molecular complexity index is 1780. The lowest BCUT2D eigenvalue weighted by molar-refractivity contribution is -0.129. The topological polar surface area (TPSA) is 74.8 Å². The molecule has 0 unspecified atom stereocenters. The van der Waals surface area contributed by atoms with Crippen LogP contribution in [-0.2, 0) is 19.2 Å². The molecule has 7 atom stereocenters. The number of allylic oxidation sites excluding steroid dienone is 4. The van der Waals surface area contributed by atoms with Crippen molar-refractivity contribution in [2.24, 2.45) is 41.4 Å². The van der Waals surface area contributed by atoms with Gasteiger partial charge in [0.25, 0.3) is 0 Å². The SMILES string of the molecule is O=C1[C@@H]2[C@@H]3C(=C(c4ccccc4)C[C@H]2C(=O)N1c1cccc(Br)c1)[C@H]1C=C[C@H]3[C@@H]2C(=O)N(c3cccc(Br)c3)C(=O)[C@@H]21. The predicted molar refractivity (Wildman–Crippen MR) is 165 cm³/mol. The van der Waals surface area contributed by atoms with Crippen LogP contribution in [0, 0.1) is 41.4 Å². The Morgan fingerprint density at radius 2 is 1.19 bits per heavy atom. The van der Waals surface area contributed by atoms with E-state index in [9.17, 15) is 19.2 Å². The zero-order valence-corrected chi connectivity index (χ0v) is 25.4. The lowest BCUT2D eigenvalue weighted by atomic mass is 9.49. The van der Waals surface area contributed by atoms with Crippen molar-refractivity contribution < 1.29 is 19.2 Å². The molecule has 0 N–H and O–H groups in total. The first-order valence-electron chi connectivity index (χ1n) is 14.1. The third kappa shape index (κ3) is 3.54. The second-order valence-electron chi connectivity index (χ2n) is 11.7. The second-order valence-corrected chi connectivity index (χ2v) is 13.5. The first kappa shape index (κ1) is 26.0. The van der Waals surface area contributed by atoms with Crippen LogP contribution in [0.1, 0.15) is 12.0 Å². The summed E-state index contributed by atoms with van der Waals surface area (Å²) in [4.78, 5) is 59.2. The van der Waals surface area contributed by atoms with Crippen molar-refractivity contribution in [3.63, 3.8) is 0 Å². The number of benzene rings is 3. The fourth-order valence-corrected chi connectivity index (χ4v) is 9.03. The number of hydrogen-bond acceptors (Lipinski definition) is 4. The predicted octanol–water partition coefficient (Wildman–Crippen LogP) is 6.41. The van der Waals surface area contributed by atoms with Gasteiger partial charge in [0.1, 0.15) is 0 Å². The van der Waals surface area contributed by atoms with Gasteiger partial charge in [0.15, 0.2) is 0 Å². The van der Waals surface area contributed by atoms with Crippen molar-refractivity contribution in [3.05, 3.63) is 111 Å². The summed E-state index contributed by atoms with van der Waals surface area (Å²) in [6.45, 7) is 0. The van der Waals surface area contributed by atoms with Gasteiger partial charge < -0.3 is 0 Å². The van der Waals surface area contributed by atoms with E-state index in [1.807, 2.05) is 60.7 Å². The number of fused-ring (bicyclic) bond motifs is 1. The third-order valence-corrected chi connectivity index (χ3v) is 10.8. The van der Waals surface area contributed by atoms with Crippen molar-refractivity contribution in [2.75, 3.05) is 9.80 Å². The zero-order valence-electron chi connectivity index (χ0n) is 22.2. The number of rotatable bonds is 3. The van der Waals surface area contributed by atoms with Crippen LogP contribution in [0.3, 0.4) is 0 Å². The molecule has 0 radical (unpaired) electrons. The lowest BCUT2D eigenvalue weighted by Gasteiger charge is -2.51. The van der Waals surface area contributed by atoms with Crippen molar-refractivity contribution in [2.45, 2.75) is 6.42 Å². The normalized spacial score (nSPS) is 31.1. The summed E-state index contributed by atoms with van der Waals surface area (Å²) < 4.78 is 1.56. The van der Waals surface area contributed by atoms with Crippen LogP contribution in [0.4, 0.5) is 11.4 Å². The van der Waals surface area contributed by atoms with Crippen LogP contribution >= 0.6 is 31.9 Å². The maximum atomic E-state index is 14.3. The number of nitrogens with zero attached hydrogens (tertiary/aromatic N) is 2. The van der Waals surface area contributed by atoms with E-state index in [1.165, 1.54) is 9.80 Å². The number of hydrogen-bond donors (Lipinski definition) is 0. The van der Waals surface area contributed by atoms with Crippen molar-refractivity contribution >= 4 is 72.4 Å². The van der Waals surface area contributed by atoms with Crippen molar-refractivity contribution in [1.29, 1.82) is 0 Å². The Morgan fingerprint density at radius 1 is 0.595 bits per heavy atom. The van der Waals surface area contributed by atoms with Gasteiger partial charge >= 0.3 is 0 Å². The minimum atomic E-state index is -0.597. The quantitative estimate of drug-likeness (QED) is 0.236. The molecule has 0 spiro atoms. The maximum Gasteiger partial charge on any atom is 0.238 e. The summed E-state index contributed by atoms with van der Waals surface area (Å²) >= 11 is 6.95. The molecule has 8 heteroatoms. The van der Waals surface area contributed by atoms with Crippen LogP contribution in [0.25, 0.3) is 5.57 Å². The van der Waals surface area contributed by atoms with Gasteiger partial charge in [0.05, 0.1) is 35.0 Å². The highest BCUT2D eigenvalue weighted by Gasteiger charge is 2.67. The van der Waals surface area contributed by atoms with E-state index in [0.29, 0.717) is 17.8 Å². The molecule has 2 aliphatic heterocycles. The summed E-state index contributed by atoms with van der Waals surface area (Å²) in [6.07, 6.45) is 4.53. The Morgan fingerprint density at radius 3 is 1.83 bits per heavy atom. The molecule has 42 heavy (non-hydrogen) atoms. The number of amides is 4. The van der Waals surface area contributed by atoms with Gasteiger partial charge in [0, 0.05) is 20.8 Å². The zero-order chi connectivity index (χ0) is 28.9. The third-order valence-electron chi connectivity index (χ3n) is 9.76. The summed E-state index contributed by atoms with van der Waals surface area (Å²) in [5, 5.41) is 0. The molecule has 2 heterocycles. The standard InChI is InChI=1S/C34H24Br2N2O4/c35-18-8-4-10-20(14-18)37-31(39)25-16-24(17-6-2-1-3-7-17)26-22-12-13-23(27(26)30(25)34(37)42)29-28(22)32(40)38(33(29)41)21-11-5-9-19(36)15-21/h1-15,22-23,25,27-30H,16H2/t22-,23-,25-,27+,28-,29+,30+/m1/s1. The number of halogens is 2. The average molecular weight is 684 g/mol. The van der Waals surface area contributed by atoms with E-state index in [4.69, 9.17) is 0 Å². The molecule has 4 amide bonds. The summed E-state index contributed by atoms with van der Waals surface area (Å²) in [6, 6.07) is 24.4. The highest BCUT2D eigenvalue weighted by molar-refractivity contribution is 9.10. The molecule has 6 nitrogen and oxygen atoms in total. The smallest absolute Gasteiger partial charge is 0.238 e. The fraction of sp³-hybridized carbons (Fsp3) is 0.235. The molecular weight excluding hydrogens is 660 g/mol. The van der Waals surface area contributed by atoms with Crippen LogP contribution in [0.2, 0.25) is 0 Å². The number of carbonyl (C=O) groups is 4. The largest absolute Gasteiger partial charge is 0.274 e. The van der Waals surface area contributed by atoms with E-state index in [2.05, 4.69) is 37.9 Å². The minimum Gasteiger partial charge on any atom is -0.274 e. The highest BCUT2D eigenvalue weighted by Crippen LogP contribution is 2.63. The molecule has 9 rings (SSSR count). The summed E-state index contributed by atoms with van der Waals surface area (Å²) in [5.41, 5.74) is 4.15. The molecule has 3 aromatic rings. The van der Waals surface area contributed by atoms with E-state index in [-0.39, 0.29) is 41.4 Å². The lowest BCUT2D eigenvalue weighted by Crippen LogP contribution is -2.51. The molecule has 2 saturated heterocycles. The molecule has 2 bridgehead atoms. The Hall–Kier alpha value is -3.62. The van der Waals surface area contributed by atoms with Gasteiger partial charge in [-0.1, -0.05) is 92.0 Å². The van der Waals surface area contributed by atoms with Crippen LogP contribution < -0.4 is 9.80 Å². The van der Waals surface area contributed by atoms with E-state index in [1.54, 1.807) is 24.3 Å². The molecule has 6 aliphatic rings. The van der Waals surface area contributed by atoms with Gasteiger partial charge in [-0.05, 0) is 59.9 Å². The average Bonchev–Trinajstić information content (AvgIpc) is 3.42. The van der Waals surface area contributed by atoms with Crippen molar-refractivity contribution in [3.8, 4) is 0 Å². The van der Waals surface area contributed by atoms with Crippen molar-refractivity contribution in [1.82, 2.24) is 0 Å².